The van der Waals surface area contributed by atoms with Crippen LogP contribution in [-0.4, -0.2) is 96.7 Å². The predicted octanol–water partition coefficient (Wildman–Crippen LogP) is 21.1. The largest absolute Gasteiger partial charge is 0.472 e. The van der Waals surface area contributed by atoms with Gasteiger partial charge in [-0.05, 0) is 69.6 Å². The summed E-state index contributed by atoms with van der Waals surface area (Å²) in [6, 6.07) is 0. The Morgan fingerprint density at radius 1 is 0.344 bits per heavy atom. The normalized spacial score (nSPS) is 16.2. The molecule has 1 aliphatic rings. The van der Waals surface area contributed by atoms with E-state index in [9.17, 15) is 43.2 Å². The molecule has 0 aromatic heterocycles. The minimum absolute atomic E-state index is 0.0951. The Labute approximate surface area is 567 Å². The van der Waals surface area contributed by atoms with Gasteiger partial charge in [-0.2, -0.15) is 0 Å². The van der Waals surface area contributed by atoms with Crippen LogP contribution in [0.1, 0.15) is 368 Å². The number of phosphoric ester groups is 2. The summed E-state index contributed by atoms with van der Waals surface area (Å²) in [7, 11) is -9.91. The first-order chi connectivity index (χ1) is 45.1. The number of rotatable bonds is 72. The van der Waals surface area contributed by atoms with E-state index in [0.717, 1.165) is 108 Å². The highest BCUT2D eigenvalue weighted by Crippen LogP contribution is 2.47. The van der Waals surface area contributed by atoms with Crippen molar-refractivity contribution in [2.24, 2.45) is 11.8 Å². The lowest BCUT2D eigenvalue weighted by Crippen LogP contribution is -2.30. The molecule has 0 aliphatic heterocycles. The van der Waals surface area contributed by atoms with Crippen molar-refractivity contribution in [3.05, 3.63) is 12.2 Å². The molecule has 1 rings (SSSR count). The van der Waals surface area contributed by atoms with Crippen LogP contribution in [0.25, 0.3) is 0 Å². The lowest BCUT2D eigenvalue weighted by atomic mass is 10.0. The van der Waals surface area contributed by atoms with Gasteiger partial charge in [0.2, 0.25) is 0 Å². The van der Waals surface area contributed by atoms with Crippen LogP contribution in [-0.2, 0) is 65.4 Å². The Morgan fingerprint density at radius 2 is 0.591 bits per heavy atom. The quantitative estimate of drug-likeness (QED) is 0.0169. The third-order valence-electron chi connectivity index (χ3n) is 17.7. The number of carbonyl (C=O) groups excluding carboxylic acids is 4. The molecule has 3 N–H and O–H groups in total. The number of unbranched alkanes of at least 4 members (excludes halogenated alkanes) is 40. The van der Waals surface area contributed by atoms with Gasteiger partial charge in [-0.3, -0.25) is 37.3 Å². The van der Waals surface area contributed by atoms with Gasteiger partial charge in [0.15, 0.2) is 12.2 Å². The molecule has 1 fully saturated rings. The van der Waals surface area contributed by atoms with Crippen molar-refractivity contribution in [1.29, 1.82) is 0 Å². The van der Waals surface area contributed by atoms with Crippen LogP contribution in [0.3, 0.4) is 0 Å². The van der Waals surface area contributed by atoms with E-state index in [1.165, 1.54) is 193 Å². The van der Waals surface area contributed by atoms with Crippen LogP contribution in [0, 0.1) is 11.8 Å². The van der Waals surface area contributed by atoms with Crippen LogP contribution < -0.4 is 0 Å². The van der Waals surface area contributed by atoms with Gasteiger partial charge >= 0.3 is 39.5 Å². The minimum atomic E-state index is -4.96. The summed E-state index contributed by atoms with van der Waals surface area (Å²) in [4.78, 5) is 72.8. The second kappa shape index (κ2) is 63.3. The van der Waals surface area contributed by atoms with Crippen molar-refractivity contribution in [1.82, 2.24) is 0 Å². The molecule has 0 spiro atoms. The molecule has 0 aromatic carbocycles. The molecule has 17 nitrogen and oxygen atoms in total. The van der Waals surface area contributed by atoms with E-state index in [2.05, 4.69) is 39.8 Å². The van der Waals surface area contributed by atoms with Crippen LogP contribution in [0.15, 0.2) is 12.2 Å². The van der Waals surface area contributed by atoms with E-state index in [4.69, 9.17) is 37.0 Å². The second-order valence-electron chi connectivity index (χ2n) is 26.9. The summed E-state index contributed by atoms with van der Waals surface area (Å²) in [5, 5.41) is 10.6. The van der Waals surface area contributed by atoms with Gasteiger partial charge in [0.05, 0.1) is 26.4 Å². The Morgan fingerprint density at radius 3 is 0.914 bits per heavy atom. The molecule has 19 heteroatoms. The zero-order valence-electron chi connectivity index (χ0n) is 59.7. The average molecular weight is 1360 g/mol. The number of esters is 4. The van der Waals surface area contributed by atoms with E-state index in [1.54, 1.807) is 0 Å². The van der Waals surface area contributed by atoms with Crippen molar-refractivity contribution in [2.75, 3.05) is 39.6 Å². The Kier molecular flexibility index (Phi) is 60.4. The molecule has 0 radical (unpaired) electrons. The minimum Gasteiger partial charge on any atom is -0.462 e. The van der Waals surface area contributed by atoms with Crippen molar-refractivity contribution in [3.63, 3.8) is 0 Å². The summed E-state index contributed by atoms with van der Waals surface area (Å²) in [6.07, 6.45) is 56.8. The first kappa shape index (κ1) is 88.8. The molecule has 0 saturated heterocycles. The number of carbonyl (C=O) groups is 4. The number of phosphoric acid groups is 2. The maximum absolute atomic E-state index is 13.1. The summed E-state index contributed by atoms with van der Waals surface area (Å²) in [5.41, 5.74) is 0. The van der Waals surface area contributed by atoms with Gasteiger partial charge in [-0.25, -0.2) is 9.13 Å². The van der Waals surface area contributed by atoms with Crippen LogP contribution >= 0.6 is 15.6 Å². The topological polar surface area (TPSA) is 237 Å². The van der Waals surface area contributed by atoms with E-state index < -0.39 is 97.5 Å². The van der Waals surface area contributed by atoms with Gasteiger partial charge in [-0.15, -0.1) is 0 Å². The zero-order chi connectivity index (χ0) is 68.0. The molecule has 1 aliphatic carbocycles. The molecule has 0 heterocycles. The number of allylic oxidation sites excluding steroid dienone is 2. The van der Waals surface area contributed by atoms with Crippen molar-refractivity contribution in [3.8, 4) is 0 Å². The predicted molar refractivity (Wildman–Crippen MR) is 375 cm³/mol. The number of hydrogen-bond donors (Lipinski definition) is 3. The maximum atomic E-state index is 13.1. The van der Waals surface area contributed by atoms with Gasteiger partial charge in [0, 0.05) is 25.7 Å². The Hall–Kier alpha value is -2.20. The molecule has 0 amide bonds. The molecule has 7 atom stereocenters. The maximum Gasteiger partial charge on any atom is 0.472 e. The first-order valence-electron chi connectivity index (χ1n) is 38.4. The van der Waals surface area contributed by atoms with Crippen LogP contribution in [0.2, 0.25) is 0 Å². The summed E-state index contributed by atoms with van der Waals surface area (Å²) < 4.78 is 68.5. The Balaban J connectivity index is 2.71. The fourth-order valence-corrected chi connectivity index (χ4v) is 13.3. The molecular formula is C74H140O17P2. The van der Waals surface area contributed by atoms with E-state index in [0.29, 0.717) is 25.7 Å². The molecule has 93 heavy (non-hydrogen) atoms. The third-order valence-corrected chi connectivity index (χ3v) is 19.6. The zero-order valence-corrected chi connectivity index (χ0v) is 61.5. The molecule has 1 saturated carbocycles. The van der Waals surface area contributed by atoms with Crippen molar-refractivity contribution < 1.29 is 80.2 Å². The molecule has 548 valence electrons. The van der Waals surface area contributed by atoms with Gasteiger partial charge < -0.3 is 33.8 Å². The van der Waals surface area contributed by atoms with E-state index >= 15 is 0 Å². The highest BCUT2D eigenvalue weighted by Gasteiger charge is 2.35. The summed E-state index contributed by atoms with van der Waals surface area (Å²) >= 11 is 0. The monoisotopic (exact) mass is 1360 g/mol. The molecular weight excluding hydrogens is 1220 g/mol. The highest BCUT2D eigenvalue weighted by molar-refractivity contribution is 7.47. The molecule has 0 aromatic rings. The Bertz CT molecular complexity index is 1890. The van der Waals surface area contributed by atoms with Crippen LogP contribution in [0.4, 0.5) is 0 Å². The fraction of sp³-hybridized carbons (Fsp3) is 0.919. The van der Waals surface area contributed by atoms with Gasteiger partial charge in [0.1, 0.15) is 19.3 Å². The number of hydrogen-bond acceptors (Lipinski definition) is 15. The number of aliphatic hydroxyl groups is 1. The van der Waals surface area contributed by atoms with Gasteiger partial charge in [-0.1, -0.05) is 297 Å². The second-order valence-corrected chi connectivity index (χ2v) is 29.8. The van der Waals surface area contributed by atoms with Gasteiger partial charge in [0.25, 0.3) is 0 Å². The summed E-state index contributed by atoms with van der Waals surface area (Å²) in [5.74, 6) is -0.341. The van der Waals surface area contributed by atoms with E-state index in [1.807, 2.05) is 0 Å². The van der Waals surface area contributed by atoms with Crippen molar-refractivity contribution in [2.45, 2.75) is 386 Å². The first-order valence-corrected chi connectivity index (χ1v) is 41.4. The number of aliphatic hydroxyl groups excluding tert-OH is 1. The standard InChI is InChI=1S/C74H140O17P2/c1-5-9-13-17-20-23-26-29-32-35-38-43-49-55-71(76)84-62-69(90-73(78)57-51-45-40-37-34-31-28-25-22-19-15-11-7-3)64-88-92(80,81)86-60-68(75)61-87-93(82,83)89-65-70(63-85-72(77)56-50-44-39-36-33-30-27-24-21-18-14-10-6-2)91-74(79)58-52-46-41-42-48-54-67-59-66(67)53-47-16-12-8-4/h25,28,66-70,75H,5-24,26-27,29-65H2,1-4H3,(H,80,81)(H,82,83)/b28-25-. The average Bonchev–Trinajstić information content (AvgIpc) is 1.82. The third kappa shape index (κ3) is 60.7. The molecule has 7 unspecified atom stereocenters. The smallest absolute Gasteiger partial charge is 0.462 e. The van der Waals surface area contributed by atoms with Crippen molar-refractivity contribution >= 4 is 39.5 Å². The lowest BCUT2D eigenvalue weighted by Gasteiger charge is -2.21. The highest BCUT2D eigenvalue weighted by atomic mass is 31.2. The summed E-state index contributed by atoms with van der Waals surface area (Å²) in [6.45, 7) is 4.96. The van der Waals surface area contributed by atoms with Crippen LogP contribution in [0.5, 0.6) is 0 Å². The fourth-order valence-electron chi connectivity index (χ4n) is 11.7. The lowest BCUT2D eigenvalue weighted by molar-refractivity contribution is -0.161. The number of ether oxygens (including phenoxy) is 4. The molecule has 0 bridgehead atoms. The SMILES string of the molecule is CCCCCC/C=C\CCCCCCCC(=O)OC(COC(=O)CCCCCCCCCCCCCCC)COP(=O)(O)OCC(O)COP(=O)(O)OCC(COC(=O)CCCCCCCCCCCCCCC)OC(=O)CCCCCCCC1CC1CCCCCC. The van der Waals surface area contributed by atoms with E-state index in [-0.39, 0.29) is 25.7 Å².